The highest BCUT2D eigenvalue weighted by Gasteiger charge is 2.31. The zero-order valence-electron chi connectivity index (χ0n) is 24.2. The maximum atomic E-state index is 13.4. The lowest BCUT2D eigenvalue weighted by atomic mass is 9.89. The van der Waals surface area contributed by atoms with Crippen LogP contribution in [-0.2, 0) is 27.1 Å². The summed E-state index contributed by atoms with van der Waals surface area (Å²) in [5, 5.41) is 3.29. The fourth-order valence-electron chi connectivity index (χ4n) is 5.34. The van der Waals surface area contributed by atoms with Crippen molar-refractivity contribution in [3.05, 3.63) is 94.5 Å². The van der Waals surface area contributed by atoms with Gasteiger partial charge in [0.05, 0.1) is 28.8 Å². The van der Waals surface area contributed by atoms with Gasteiger partial charge in [0.1, 0.15) is 10.8 Å². The highest BCUT2D eigenvalue weighted by Crippen LogP contribution is 2.45. The zero-order valence-corrected chi connectivity index (χ0v) is 25.0. The number of nitrogens with zero attached hydrogens (tertiary/aromatic N) is 1. The van der Waals surface area contributed by atoms with Crippen molar-refractivity contribution < 1.29 is 23.9 Å². The van der Waals surface area contributed by atoms with Crippen LogP contribution in [0, 0.1) is 6.92 Å². The van der Waals surface area contributed by atoms with E-state index in [1.807, 2.05) is 49.4 Å². The van der Waals surface area contributed by atoms with Crippen molar-refractivity contribution in [3.8, 4) is 21.8 Å². The number of ether oxygens (including phenoxy) is 2. The Bertz CT molecular complexity index is 1850. The number of imidazole rings is 1. The summed E-state index contributed by atoms with van der Waals surface area (Å²) in [4.78, 5) is 48.5. The molecule has 0 bridgehead atoms. The van der Waals surface area contributed by atoms with Gasteiger partial charge in [0, 0.05) is 10.4 Å². The molecule has 6 rings (SSSR count). The van der Waals surface area contributed by atoms with E-state index in [1.54, 1.807) is 32.0 Å². The first kappa shape index (κ1) is 28.4. The molecule has 1 aliphatic carbocycles. The predicted molar refractivity (Wildman–Crippen MR) is 168 cm³/mol. The van der Waals surface area contributed by atoms with Crippen LogP contribution in [0.15, 0.2) is 66.7 Å². The Morgan fingerprint density at radius 1 is 1.00 bits per heavy atom. The number of thiophene rings is 1. The number of aromatic amines is 1. The highest BCUT2D eigenvalue weighted by molar-refractivity contribution is 7.20. The SMILES string of the molecule is CCOC(=O)c1c(NC(=O)C(CC)OC(=O)c2ccc3nc(-c4ccc(C)cc4)[nH]c3c2)sc2c1CCc1ccccc1-2. The smallest absolute Gasteiger partial charge is 0.341 e. The molecule has 0 saturated carbocycles. The van der Waals surface area contributed by atoms with Gasteiger partial charge in [-0.1, -0.05) is 61.0 Å². The van der Waals surface area contributed by atoms with E-state index in [-0.39, 0.29) is 13.0 Å². The second-order valence-electron chi connectivity index (χ2n) is 10.5. The molecule has 8 nitrogen and oxygen atoms in total. The molecule has 0 spiro atoms. The van der Waals surface area contributed by atoms with E-state index in [4.69, 9.17) is 9.47 Å². The number of aromatic nitrogens is 2. The molecule has 2 heterocycles. The number of hydrogen-bond acceptors (Lipinski definition) is 7. The number of anilines is 1. The summed E-state index contributed by atoms with van der Waals surface area (Å²) in [6.45, 7) is 5.76. The molecule has 218 valence electrons. The average molecular weight is 594 g/mol. The number of benzene rings is 3. The van der Waals surface area contributed by atoms with Gasteiger partial charge in [-0.15, -0.1) is 11.3 Å². The molecular formula is C34H31N3O5S. The predicted octanol–water partition coefficient (Wildman–Crippen LogP) is 7.12. The number of amides is 1. The van der Waals surface area contributed by atoms with Gasteiger partial charge in [0.2, 0.25) is 0 Å². The maximum Gasteiger partial charge on any atom is 0.341 e. The summed E-state index contributed by atoms with van der Waals surface area (Å²) in [6.07, 6.45) is 0.655. The molecule has 5 aromatic rings. The molecule has 0 aliphatic heterocycles. The van der Waals surface area contributed by atoms with Gasteiger partial charge < -0.3 is 19.8 Å². The van der Waals surface area contributed by atoms with E-state index >= 15 is 0 Å². The third-order valence-corrected chi connectivity index (χ3v) is 8.77. The summed E-state index contributed by atoms with van der Waals surface area (Å²) in [7, 11) is 0. The second-order valence-corrected chi connectivity index (χ2v) is 11.5. The van der Waals surface area contributed by atoms with E-state index in [1.165, 1.54) is 16.9 Å². The summed E-state index contributed by atoms with van der Waals surface area (Å²) < 4.78 is 11.0. The topological polar surface area (TPSA) is 110 Å². The Labute approximate surface area is 253 Å². The van der Waals surface area contributed by atoms with Gasteiger partial charge >= 0.3 is 11.9 Å². The van der Waals surface area contributed by atoms with Gasteiger partial charge in [0.25, 0.3) is 5.91 Å². The monoisotopic (exact) mass is 593 g/mol. The molecule has 1 atom stereocenters. The summed E-state index contributed by atoms with van der Waals surface area (Å²) in [6, 6.07) is 21.1. The maximum absolute atomic E-state index is 13.4. The number of rotatable bonds is 8. The number of aryl methyl sites for hydroxylation is 2. The van der Waals surface area contributed by atoms with Crippen LogP contribution in [0.25, 0.3) is 32.9 Å². The van der Waals surface area contributed by atoms with E-state index in [2.05, 4.69) is 21.4 Å². The van der Waals surface area contributed by atoms with Gasteiger partial charge in [-0.05, 0) is 68.0 Å². The van der Waals surface area contributed by atoms with Crippen LogP contribution in [0.2, 0.25) is 0 Å². The highest BCUT2D eigenvalue weighted by atomic mass is 32.1. The Balaban J connectivity index is 1.22. The van der Waals surface area contributed by atoms with E-state index < -0.39 is 23.9 Å². The Kier molecular flexibility index (Phi) is 7.82. The van der Waals surface area contributed by atoms with Crippen molar-refractivity contribution in [3.63, 3.8) is 0 Å². The standard InChI is InChI=1S/C34H31N3O5S/c1-4-27(42-33(39)22-15-17-25-26(18-22)36-30(35-25)21-12-10-19(3)11-13-21)31(38)37-32-28(34(40)41-5-2)24-16-14-20-8-6-7-9-23(20)29(24)43-32/h6-13,15,17-18,27H,4-5,14,16H2,1-3H3,(H,35,36)(H,37,38). The minimum absolute atomic E-state index is 0.218. The molecule has 43 heavy (non-hydrogen) atoms. The van der Waals surface area contributed by atoms with Crippen LogP contribution in [0.4, 0.5) is 5.00 Å². The first-order chi connectivity index (χ1) is 20.9. The molecular weight excluding hydrogens is 562 g/mol. The van der Waals surface area contributed by atoms with Crippen LogP contribution in [0.1, 0.15) is 57.7 Å². The third-order valence-electron chi connectivity index (χ3n) is 7.58. The van der Waals surface area contributed by atoms with Crippen LogP contribution in [-0.4, -0.2) is 40.5 Å². The van der Waals surface area contributed by atoms with Crippen molar-refractivity contribution in [2.24, 2.45) is 0 Å². The Hall–Kier alpha value is -4.76. The normalized spacial score (nSPS) is 12.7. The first-order valence-electron chi connectivity index (χ1n) is 14.4. The lowest BCUT2D eigenvalue weighted by Crippen LogP contribution is -2.32. The number of nitrogens with one attached hydrogen (secondary N) is 2. The van der Waals surface area contributed by atoms with Gasteiger partial charge in [-0.3, -0.25) is 4.79 Å². The first-order valence-corrected chi connectivity index (χ1v) is 15.2. The van der Waals surface area contributed by atoms with Crippen LogP contribution in [0.5, 0.6) is 0 Å². The van der Waals surface area contributed by atoms with Crippen molar-refractivity contribution in [2.75, 3.05) is 11.9 Å². The molecule has 1 amide bonds. The van der Waals surface area contributed by atoms with Crippen molar-refractivity contribution in [2.45, 2.75) is 46.1 Å². The molecule has 0 fully saturated rings. The fourth-order valence-corrected chi connectivity index (χ4v) is 6.65. The van der Waals surface area contributed by atoms with Gasteiger partial charge in [0.15, 0.2) is 6.10 Å². The van der Waals surface area contributed by atoms with Crippen molar-refractivity contribution in [1.29, 1.82) is 0 Å². The molecule has 2 N–H and O–H groups in total. The largest absolute Gasteiger partial charge is 0.462 e. The summed E-state index contributed by atoms with van der Waals surface area (Å²) in [5.74, 6) is -0.902. The molecule has 3 aromatic carbocycles. The van der Waals surface area contributed by atoms with Crippen LogP contribution >= 0.6 is 11.3 Å². The second kappa shape index (κ2) is 11.9. The number of fused-ring (bicyclic) bond motifs is 4. The molecule has 1 aliphatic rings. The van der Waals surface area contributed by atoms with Gasteiger partial charge in [-0.2, -0.15) is 0 Å². The quantitative estimate of drug-likeness (QED) is 0.186. The molecule has 0 saturated heterocycles. The number of hydrogen-bond donors (Lipinski definition) is 2. The Morgan fingerprint density at radius 2 is 1.79 bits per heavy atom. The fraction of sp³-hybridized carbons (Fsp3) is 0.235. The molecule has 0 radical (unpaired) electrons. The third kappa shape index (κ3) is 5.56. The number of esters is 2. The number of carbonyl (C=O) groups excluding carboxylic acids is 3. The summed E-state index contributed by atoms with van der Waals surface area (Å²) >= 11 is 1.35. The lowest BCUT2D eigenvalue weighted by Gasteiger charge is -2.17. The number of H-pyrrole nitrogens is 1. The zero-order chi connectivity index (χ0) is 30.1. The minimum atomic E-state index is -1.06. The van der Waals surface area contributed by atoms with E-state index in [0.717, 1.165) is 33.6 Å². The molecule has 1 unspecified atom stereocenters. The average Bonchev–Trinajstić information content (AvgIpc) is 3.61. The molecule has 9 heteroatoms. The van der Waals surface area contributed by atoms with E-state index in [9.17, 15) is 14.4 Å². The van der Waals surface area contributed by atoms with Crippen molar-refractivity contribution in [1.82, 2.24) is 9.97 Å². The van der Waals surface area contributed by atoms with Gasteiger partial charge in [-0.25, -0.2) is 14.6 Å². The Morgan fingerprint density at radius 3 is 2.56 bits per heavy atom. The summed E-state index contributed by atoms with van der Waals surface area (Å²) in [5.41, 5.74) is 7.30. The van der Waals surface area contributed by atoms with E-state index in [0.29, 0.717) is 39.4 Å². The minimum Gasteiger partial charge on any atom is -0.462 e. The number of carbonyl (C=O) groups is 3. The van der Waals surface area contributed by atoms with Crippen LogP contribution in [0.3, 0.4) is 0 Å². The van der Waals surface area contributed by atoms with Crippen molar-refractivity contribution >= 4 is 45.2 Å². The lowest BCUT2D eigenvalue weighted by molar-refractivity contribution is -0.124. The van der Waals surface area contributed by atoms with Crippen LogP contribution < -0.4 is 5.32 Å². The molecule has 2 aromatic heterocycles.